The second kappa shape index (κ2) is 4.15. The SMILES string of the molecule is O=C1CCCCC(S(=O)(=O)C(F)(F)F)=C1F. The first-order valence-electron chi connectivity index (χ1n) is 4.41. The molecule has 0 heterocycles. The zero-order valence-corrected chi connectivity index (χ0v) is 8.79. The quantitative estimate of drug-likeness (QED) is 0.679. The molecule has 0 spiro atoms. The number of halogens is 4. The lowest BCUT2D eigenvalue weighted by Crippen LogP contribution is -2.26. The van der Waals surface area contributed by atoms with Crippen LogP contribution in [0.2, 0.25) is 0 Å². The van der Waals surface area contributed by atoms with Crippen LogP contribution in [0.3, 0.4) is 0 Å². The summed E-state index contributed by atoms with van der Waals surface area (Å²) < 4.78 is 71.5. The molecule has 0 saturated carbocycles. The third kappa shape index (κ3) is 2.26. The summed E-state index contributed by atoms with van der Waals surface area (Å²) in [4.78, 5) is 9.51. The van der Waals surface area contributed by atoms with Gasteiger partial charge >= 0.3 is 5.51 Å². The molecule has 1 rings (SSSR count). The number of rotatable bonds is 1. The lowest BCUT2D eigenvalue weighted by Gasteiger charge is -2.10. The number of hydrogen-bond acceptors (Lipinski definition) is 3. The topological polar surface area (TPSA) is 51.2 Å². The van der Waals surface area contributed by atoms with Gasteiger partial charge in [0.05, 0.1) is 4.91 Å². The number of carbonyl (C=O) groups is 1. The van der Waals surface area contributed by atoms with Crippen molar-refractivity contribution in [3.63, 3.8) is 0 Å². The Morgan fingerprint density at radius 2 is 1.56 bits per heavy atom. The van der Waals surface area contributed by atoms with Crippen LogP contribution in [0.1, 0.15) is 25.7 Å². The van der Waals surface area contributed by atoms with Crippen LogP contribution in [0, 0.1) is 0 Å². The van der Waals surface area contributed by atoms with E-state index in [-0.39, 0.29) is 19.3 Å². The highest BCUT2D eigenvalue weighted by Gasteiger charge is 2.50. The maximum Gasteiger partial charge on any atom is 0.501 e. The summed E-state index contributed by atoms with van der Waals surface area (Å²) in [5, 5.41) is 0. The van der Waals surface area contributed by atoms with Gasteiger partial charge in [0.2, 0.25) is 0 Å². The third-order valence-electron chi connectivity index (χ3n) is 2.18. The summed E-state index contributed by atoms with van der Waals surface area (Å²) in [6.45, 7) is 0. The van der Waals surface area contributed by atoms with E-state index in [4.69, 9.17) is 0 Å². The van der Waals surface area contributed by atoms with Crippen molar-refractivity contribution in [2.75, 3.05) is 0 Å². The predicted octanol–water partition coefficient (Wildman–Crippen LogP) is 2.25. The van der Waals surface area contributed by atoms with Gasteiger partial charge in [-0.15, -0.1) is 0 Å². The Labute approximate surface area is 89.0 Å². The van der Waals surface area contributed by atoms with Crippen molar-refractivity contribution in [3.8, 4) is 0 Å². The van der Waals surface area contributed by atoms with Crippen LogP contribution >= 0.6 is 0 Å². The highest BCUT2D eigenvalue weighted by molar-refractivity contribution is 7.96. The highest BCUT2D eigenvalue weighted by atomic mass is 32.2. The number of carbonyl (C=O) groups excluding carboxylic acids is 1. The summed E-state index contributed by atoms with van der Waals surface area (Å²) >= 11 is 0. The predicted molar refractivity (Wildman–Crippen MR) is 46.6 cm³/mol. The van der Waals surface area contributed by atoms with E-state index in [9.17, 15) is 30.8 Å². The number of Topliss-reactive ketones (excluding diaryl/α,β-unsaturated/α-hetero) is 1. The molecule has 0 aromatic rings. The Morgan fingerprint density at radius 3 is 2.06 bits per heavy atom. The summed E-state index contributed by atoms with van der Waals surface area (Å²) in [6.07, 6.45) is -0.616. The molecule has 8 heteroatoms. The average Bonchev–Trinajstić information content (AvgIpc) is 2.28. The summed E-state index contributed by atoms with van der Waals surface area (Å²) in [6, 6.07) is 0. The van der Waals surface area contributed by atoms with Crippen molar-refractivity contribution in [3.05, 3.63) is 10.7 Å². The van der Waals surface area contributed by atoms with Crippen molar-refractivity contribution >= 4 is 15.6 Å². The fourth-order valence-electron chi connectivity index (χ4n) is 1.34. The molecule has 92 valence electrons. The first kappa shape index (κ1) is 13.1. The van der Waals surface area contributed by atoms with Crippen LogP contribution in [0.5, 0.6) is 0 Å². The molecule has 0 aromatic heterocycles. The summed E-state index contributed by atoms with van der Waals surface area (Å²) in [7, 11) is -5.72. The van der Waals surface area contributed by atoms with Crippen molar-refractivity contribution in [1.82, 2.24) is 0 Å². The van der Waals surface area contributed by atoms with Gasteiger partial charge in [0, 0.05) is 6.42 Å². The molecule has 1 aliphatic carbocycles. The Morgan fingerprint density at radius 1 is 1.06 bits per heavy atom. The van der Waals surface area contributed by atoms with Gasteiger partial charge in [-0.05, 0) is 19.3 Å². The molecule has 0 unspecified atom stereocenters. The molecule has 0 atom stereocenters. The van der Waals surface area contributed by atoms with Crippen molar-refractivity contribution < 1.29 is 30.8 Å². The third-order valence-corrected chi connectivity index (χ3v) is 3.82. The van der Waals surface area contributed by atoms with E-state index in [0.717, 1.165) is 0 Å². The van der Waals surface area contributed by atoms with E-state index in [0.29, 0.717) is 0 Å². The number of hydrogen-bond donors (Lipinski definition) is 0. The standard InChI is InChI=1S/C8H8F4O3S/c9-7-5(13)3-1-2-4-6(7)16(14,15)8(10,11)12/h1-4H2. The molecule has 0 radical (unpaired) electrons. The van der Waals surface area contributed by atoms with Gasteiger partial charge in [0.1, 0.15) is 0 Å². The van der Waals surface area contributed by atoms with Gasteiger partial charge in [0.15, 0.2) is 11.6 Å². The van der Waals surface area contributed by atoms with Gasteiger partial charge in [-0.3, -0.25) is 4.79 Å². The van der Waals surface area contributed by atoms with E-state index in [1.165, 1.54) is 0 Å². The molecule has 1 aliphatic rings. The fraction of sp³-hybridized carbons (Fsp3) is 0.625. The van der Waals surface area contributed by atoms with Gasteiger partial charge in [-0.25, -0.2) is 12.8 Å². The largest absolute Gasteiger partial charge is 0.501 e. The van der Waals surface area contributed by atoms with Crippen LogP contribution in [0.4, 0.5) is 17.6 Å². The Hall–Kier alpha value is -0.920. The van der Waals surface area contributed by atoms with Crippen LogP contribution in [-0.2, 0) is 14.6 Å². The lowest BCUT2D eigenvalue weighted by molar-refractivity contribution is -0.116. The van der Waals surface area contributed by atoms with Crippen LogP contribution in [0.15, 0.2) is 10.7 Å². The minimum absolute atomic E-state index is 0.0454. The van der Waals surface area contributed by atoms with Gasteiger partial charge in [0.25, 0.3) is 9.84 Å². The molecule has 0 saturated heterocycles. The maximum absolute atomic E-state index is 13.2. The fourth-order valence-corrected chi connectivity index (χ4v) is 2.38. The van der Waals surface area contributed by atoms with E-state index in [1.54, 1.807) is 0 Å². The molecule has 16 heavy (non-hydrogen) atoms. The second-order valence-corrected chi connectivity index (χ2v) is 5.28. The van der Waals surface area contributed by atoms with Gasteiger partial charge in [-0.1, -0.05) is 0 Å². The summed E-state index contributed by atoms with van der Waals surface area (Å²) in [5.41, 5.74) is -5.57. The first-order valence-corrected chi connectivity index (χ1v) is 5.89. The smallest absolute Gasteiger partial charge is 0.292 e. The molecule has 0 fully saturated rings. The normalized spacial score (nSPS) is 19.9. The average molecular weight is 260 g/mol. The molecule has 3 nitrogen and oxygen atoms in total. The molecule has 0 aliphatic heterocycles. The number of alkyl halides is 3. The molecule has 0 N–H and O–H groups in total. The van der Waals surface area contributed by atoms with Crippen LogP contribution < -0.4 is 0 Å². The van der Waals surface area contributed by atoms with Crippen molar-refractivity contribution in [1.29, 1.82) is 0 Å². The van der Waals surface area contributed by atoms with Crippen molar-refractivity contribution in [2.45, 2.75) is 31.2 Å². The monoisotopic (exact) mass is 260 g/mol. The van der Waals surface area contributed by atoms with E-state index >= 15 is 0 Å². The molecular formula is C8H8F4O3S. The first-order chi connectivity index (χ1) is 7.18. The Kier molecular flexibility index (Phi) is 3.41. The van der Waals surface area contributed by atoms with Gasteiger partial charge < -0.3 is 0 Å². The van der Waals surface area contributed by atoms with E-state index in [2.05, 4.69) is 0 Å². The molecular weight excluding hydrogens is 252 g/mol. The molecule has 0 aromatic carbocycles. The molecule has 0 bridgehead atoms. The maximum atomic E-state index is 13.2. The lowest BCUT2D eigenvalue weighted by atomic mass is 10.2. The van der Waals surface area contributed by atoms with Gasteiger partial charge in [-0.2, -0.15) is 13.2 Å². The number of allylic oxidation sites excluding steroid dienone is 2. The Balaban J connectivity index is 3.31. The minimum Gasteiger partial charge on any atom is -0.292 e. The molecule has 0 amide bonds. The number of ketones is 1. The Bertz CT molecular complexity index is 433. The van der Waals surface area contributed by atoms with E-state index in [1.807, 2.05) is 0 Å². The summed E-state index contributed by atoms with van der Waals surface area (Å²) in [5.74, 6) is -2.95. The van der Waals surface area contributed by atoms with Crippen molar-refractivity contribution in [2.24, 2.45) is 0 Å². The second-order valence-electron chi connectivity index (χ2n) is 3.32. The zero-order valence-electron chi connectivity index (χ0n) is 7.97. The highest BCUT2D eigenvalue weighted by Crippen LogP contribution is 2.36. The minimum atomic E-state index is -5.72. The zero-order chi connectivity index (χ0) is 12.6. The van der Waals surface area contributed by atoms with E-state index < -0.39 is 38.3 Å². The van der Waals surface area contributed by atoms with Crippen LogP contribution in [-0.4, -0.2) is 19.7 Å². The van der Waals surface area contributed by atoms with Crippen LogP contribution in [0.25, 0.3) is 0 Å². The number of sulfone groups is 1.